The standard InChI is InChI=1S/C18H25FN2O4S/c19-16-7-6-15(20-18(22)8-5-14-3-1-2-4-14)13-17(16)26(23,24)21-9-11-25-12-10-21/h6-7,13-14H,1-5,8-12H2,(H,20,22). The lowest BCUT2D eigenvalue weighted by Gasteiger charge is -2.26. The summed E-state index contributed by atoms with van der Waals surface area (Å²) in [6.45, 7) is 0.969. The molecule has 26 heavy (non-hydrogen) atoms. The van der Waals surface area contributed by atoms with Gasteiger partial charge in [0.1, 0.15) is 10.7 Å². The molecule has 144 valence electrons. The van der Waals surface area contributed by atoms with Crippen LogP contribution in [0.4, 0.5) is 10.1 Å². The Labute approximate surface area is 153 Å². The Morgan fingerprint density at radius 3 is 2.62 bits per heavy atom. The van der Waals surface area contributed by atoms with Gasteiger partial charge in [-0.15, -0.1) is 0 Å². The maximum absolute atomic E-state index is 14.2. The average Bonchev–Trinajstić information content (AvgIpc) is 3.16. The molecule has 1 N–H and O–H groups in total. The zero-order valence-electron chi connectivity index (χ0n) is 14.7. The van der Waals surface area contributed by atoms with E-state index >= 15 is 0 Å². The van der Waals surface area contributed by atoms with E-state index in [1.165, 1.54) is 42.1 Å². The van der Waals surface area contributed by atoms with Crippen LogP contribution in [0.2, 0.25) is 0 Å². The zero-order chi connectivity index (χ0) is 18.6. The van der Waals surface area contributed by atoms with E-state index < -0.39 is 20.7 Å². The molecule has 1 saturated carbocycles. The van der Waals surface area contributed by atoms with Gasteiger partial charge in [0.25, 0.3) is 0 Å². The highest BCUT2D eigenvalue weighted by molar-refractivity contribution is 7.89. The Balaban J connectivity index is 1.67. The van der Waals surface area contributed by atoms with E-state index in [1.54, 1.807) is 0 Å². The molecule has 3 rings (SSSR count). The van der Waals surface area contributed by atoms with E-state index in [0.29, 0.717) is 31.2 Å². The maximum atomic E-state index is 14.2. The van der Waals surface area contributed by atoms with Crippen LogP contribution in [-0.4, -0.2) is 44.9 Å². The van der Waals surface area contributed by atoms with Crippen molar-refractivity contribution in [3.63, 3.8) is 0 Å². The van der Waals surface area contributed by atoms with Gasteiger partial charge in [-0.25, -0.2) is 12.8 Å². The number of nitrogens with zero attached hydrogens (tertiary/aromatic N) is 1. The molecular weight excluding hydrogens is 359 g/mol. The fourth-order valence-corrected chi connectivity index (χ4v) is 5.06. The van der Waals surface area contributed by atoms with E-state index in [0.717, 1.165) is 12.5 Å². The summed E-state index contributed by atoms with van der Waals surface area (Å²) < 4.78 is 45.8. The Kier molecular flexibility index (Phi) is 6.26. The van der Waals surface area contributed by atoms with Crippen LogP contribution in [-0.2, 0) is 19.6 Å². The van der Waals surface area contributed by atoms with Crippen LogP contribution < -0.4 is 5.32 Å². The summed E-state index contributed by atoms with van der Waals surface area (Å²) >= 11 is 0. The van der Waals surface area contributed by atoms with Gasteiger partial charge in [-0.3, -0.25) is 4.79 Å². The van der Waals surface area contributed by atoms with Gasteiger partial charge in [-0.05, 0) is 30.5 Å². The van der Waals surface area contributed by atoms with Crippen molar-refractivity contribution < 1.29 is 22.3 Å². The number of carbonyl (C=O) groups excluding carboxylic acids is 1. The number of carbonyl (C=O) groups is 1. The van der Waals surface area contributed by atoms with Crippen molar-refractivity contribution in [3.05, 3.63) is 24.0 Å². The Morgan fingerprint density at radius 1 is 1.23 bits per heavy atom. The van der Waals surface area contributed by atoms with Crippen molar-refractivity contribution in [2.24, 2.45) is 5.92 Å². The molecule has 1 aliphatic heterocycles. The van der Waals surface area contributed by atoms with Gasteiger partial charge in [0.15, 0.2) is 0 Å². The Bertz CT molecular complexity index is 742. The van der Waals surface area contributed by atoms with E-state index in [-0.39, 0.29) is 19.0 Å². The number of hydrogen-bond acceptors (Lipinski definition) is 4. The second-order valence-corrected chi connectivity index (χ2v) is 8.81. The number of nitrogens with one attached hydrogen (secondary N) is 1. The van der Waals surface area contributed by atoms with Gasteiger partial charge in [-0.1, -0.05) is 25.7 Å². The molecular formula is C18H25FN2O4S. The number of halogens is 1. The normalized spacial score (nSPS) is 19.6. The van der Waals surface area contributed by atoms with Crippen molar-refractivity contribution in [2.75, 3.05) is 31.6 Å². The summed E-state index contributed by atoms with van der Waals surface area (Å²) in [4.78, 5) is 11.7. The smallest absolute Gasteiger partial charge is 0.246 e. The molecule has 1 aromatic carbocycles. The molecule has 0 bridgehead atoms. The van der Waals surface area contributed by atoms with Crippen molar-refractivity contribution in [1.82, 2.24) is 4.31 Å². The van der Waals surface area contributed by atoms with Gasteiger partial charge < -0.3 is 10.1 Å². The number of sulfonamides is 1. The lowest BCUT2D eigenvalue weighted by molar-refractivity contribution is -0.116. The zero-order valence-corrected chi connectivity index (χ0v) is 15.6. The molecule has 6 nitrogen and oxygen atoms in total. The summed E-state index contributed by atoms with van der Waals surface area (Å²) in [5.74, 6) is -0.384. The van der Waals surface area contributed by atoms with Gasteiger partial charge in [-0.2, -0.15) is 4.31 Å². The summed E-state index contributed by atoms with van der Waals surface area (Å²) in [6.07, 6.45) is 6.04. The highest BCUT2D eigenvalue weighted by Gasteiger charge is 2.29. The second-order valence-electron chi connectivity index (χ2n) is 6.90. The molecule has 1 aliphatic carbocycles. The van der Waals surface area contributed by atoms with Crippen LogP contribution >= 0.6 is 0 Å². The first kappa shape index (κ1) is 19.3. The van der Waals surface area contributed by atoms with Crippen LogP contribution in [0.25, 0.3) is 0 Å². The monoisotopic (exact) mass is 384 g/mol. The first-order valence-electron chi connectivity index (χ1n) is 9.14. The molecule has 2 aliphatic rings. The average molecular weight is 384 g/mol. The third-order valence-corrected chi connectivity index (χ3v) is 6.97. The van der Waals surface area contributed by atoms with Crippen molar-refractivity contribution >= 4 is 21.6 Å². The van der Waals surface area contributed by atoms with E-state index in [2.05, 4.69) is 5.32 Å². The number of rotatable bonds is 6. The second kappa shape index (κ2) is 8.45. The molecule has 1 aromatic rings. The number of anilines is 1. The third-order valence-electron chi connectivity index (χ3n) is 5.06. The minimum Gasteiger partial charge on any atom is -0.379 e. The SMILES string of the molecule is O=C(CCC1CCCC1)Nc1ccc(F)c(S(=O)(=O)N2CCOCC2)c1. The lowest BCUT2D eigenvalue weighted by atomic mass is 10.0. The number of ether oxygens (including phenoxy) is 1. The van der Waals surface area contributed by atoms with Crippen molar-refractivity contribution in [2.45, 2.75) is 43.4 Å². The number of hydrogen-bond donors (Lipinski definition) is 1. The van der Waals surface area contributed by atoms with Gasteiger partial charge in [0.2, 0.25) is 15.9 Å². The first-order valence-corrected chi connectivity index (χ1v) is 10.6. The predicted octanol–water partition coefficient (Wildman–Crippen LogP) is 2.76. The van der Waals surface area contributed by atoms with Gasteiger partial charge >= 0.3 is 0 Å². The van der Waals surface area contributed by atoms with E-state index in [4.69, 9.17) is 4.74 Å². The van der Waals surface area contributed by atoms with Gasteiger partial charge in [0, 0.05) is 25.2 Å². The number of amides is 1. The van der Waals surface area contributed by atoms with E-state index in [1.807, 2.05) is 0 Å². The molecule has 0 atom stereocenters. The molecule has 2 fully saturated rings. The lowest BCUT2D eigenvalue weighted by Crippen LogP contribution is -2.40. The van der Waals surface area contributed by atoms with E-state index in [9.17, 15) is 17.6 Å². The topological polar surface area (TPSA) is 75.7 Å². The molecule has 1 saturated heterocycles. The van der Waals surface area contributed by atoms with Crippen LogP contribution in [0.1, 0.15) is 38.5 Å². The molecule has 0 unspecified atom stereocenters. The fourth-order valence-electron chi connectivity index (χ4n) is 3.56. The Morgan fingerprint density at radius 2 is 1.92 bits per heavy atom. The predicted molar refractivity (Wildman–Crippen MR) is 95.8 cm³/mol. The summed E-state index contributed by atoms with van der Waals surface area (Å²) in [6, 6.07) is 3.68. The minimum atomic E-state index is -3.95. The highest BCUT2D eigenvalue weighted by Crippen LogP contribution is 2.29. The molecule has 0 spiro atoms. The highest BCUT2D eigenvalue weighted by atomic mass is 32.2. The maximum Gasteiger partial charge on any atom is 0.246 e. The van der Waals surface area contributed by atoms with Crippen molar-refractivity contribution in [1.29, 1.82) is 0 Å². The minimum absolute atomic E-state index is 0.168. The summed E-state index contributed by atoms with van der Waals surface area (Å²) in [7, 11) is -3.95. The van der Waals surface area contributed by atoms with Crippen LogP contribution in [0.5, 0.6) is 0 Å². The summed E-state index contributed by atoms with van der Waals surface area (Å²) in [5.41, 5.74) is 0.301. The number of morpholine rings is 1. The van der Waals surface area contributed by atoms with Crippen LogP contribution in [0, 0.1) is 11.7 Å². The molecule has 8 heteroatoms. The van der Waals surface area contributed by atoms with Crippen LogP contribution in [0.15, 0.2) is 23.1 Å². The molecule has 0 aromatic heterocycles. The molecule has 0 radical (unpaired) electrons. The van der Waals surface area contributed by atoms with Crippen molar-refractivity contribution in [3.8, 4) is 0 Å². The van der Waals surface area contributed by atoms with Gasteiger partial charge in [0.05, 0.1) is 13.2 Å². The number of benzene rings is 1. The molecule has 1 amide bonds. The molecule has 1 heterocycles. The Hall–Kier alpha value is -1.51. The van der Waals surface area contributed by atoms with Crippen LogP contribution in [0.3, 0.4) is 0 Å². The fraction of sp³-hybridized carbons (Fsp3) is 0.611. The third kappa shape index (κ3) is 4.61. The quantitative estimate of drug-likeness (QED) is 0.818. The first-order chi connectivity index (χ1) is 12.5. The largest absolute Gasteiger partial charge is 0.379 e. The summed E-state index contributed by atoms with van der Waals surface area (Å²) in [5, 5.41) is 2.70.